The SMILES string of the molecule is Cc1nc(C(Cl)(Cl)Cl)nc(OC(=O)N(C)C)c1[N+](=O)[O-]. The van der Waals surface area contributed by atoms with Crippen LogP contribution in [0.5, 0.6) is 5.88 Å². The summed E-state index contributed by atoms with van der Waals surface area (Å²) in [6.45, 7) is 1.31. The van der Waals surface area contributed by atoms with Crippen LogP contribution in [0.1, 0.15) is 11.5 Å². The van der Waals surface area contributed by atoms with E-state index >= 15 is 0 Å². The molecule has 0 saturated heterocycles. The predicted molar refractivity (Wildman–Crippen MR) is 72.4 cm³/mol. The van der Waals surface area contributed by atoms with E-state index < -0.39 is 26.4 Å². The predicted octanol–water partition coefficient (Wildman–Crippen LogP) is 2.58. The Morgan fingerprint density at radius 1 is 1.35 bits per heavy atom. The minimum absolute atomic E-state index is 0.0899. The van der Waals surface area contributed by atoms with E-state index in [-0.39, 0.29) is 11.5 Å². The maximum absolute atomic E-state index is 11.5. The Morgan fingerprint density at radius 2 is 1.90 bits per heavy atom. The maximum Gasteiger partial charge on any atom is 0.416 e. The number of aryl methyl sites for hydroxylation is 1. The van der Waals surface area contributed by atoms with Crippen LogP contribution in [0.2, 0.25) is 0 Å². The highest BCUT2D eigenvalue weighted by Gasteiger charge is 2.33. The topological polar surface area (TPSA) is 98.5 Å². The molecule has 0 aliphatic heterocycles. The summed E-state index contributed by atoms with van der Waals surface area (Å²) in [6, 6.07) is 0. The van der Waals surface area contributed by atoms with Crippen LogP contribution in [0.15, 0.2) is 0 Å². The summed E-state index contributed by atoms with van der Waals surface area (Å²) in [4.78, 5) is 30.1. The second-order valence-corrected chi connectivity index (χ2v) is 6.08. The van der Waals surface area contributed by atoms with Crippen LogP contribution in [0.25, 0.3) is 0 Å². The third-order valence-electron chi connectivity index (χ3n) is 2.01. The fourth-order valence-electron chi connectivity index (χ4n) is 1.12. The molecule has 0 fully saturated rings. The summed E-state index contributed by atoms with van der Waals surface area (Å²) < 4.78 is 2.80. The van der Waals surface area contributed by atoms with Crippen LogP contribution in [-0.4, -0.2) is 40.0 Å². The molecule has 0 aliphatic carbocycles. The summed E-state index contributed by atoms with van der Waals surface area (Å²) >= 11 is 16.9. The molecule has 0 aliphatic rings. The highest BCUT2D eigenvalue weighted by Crippen LogP contribution is 2.39. The number of amides is 1. The summed E-state index contributed by atoms with van der Waals surface area (Å²) in [5.74, 6) is -0.908. The van der Waals surface area contributed by atoms with Gasteiger partial charge in [0.1, 0.15) is 5.69 Å². The Hall–Kier alpha value is -1.38. The smallest absolute Gasteiger partial charge is 0.384 e. The van der Waals surface area contributed by atoms with E-state index in [0.29, 0.717) is 0 Å². The molecule has 0 radical (unpaired) electrons. The Balaban J connectivity index is 3.40. The highest BCUT2D eigenvalue weighted by molar-refractivity contribution is 6.66. The van der Waals surface area contributed by atoms with Gasteiger partial charge in [-0.2, -0.15) is 4.98 Å². The van der Waals surface area contributed by atoms with E-state index in [1.165, 1.54) is 21.0 Å². The van der Waals surface area contributed by atoms with Crippen molar-refractivity contribution < 1.29 is 14.5 Å². The molecule has 110 valence electrons. The van der Waals surface area contributed by atoms with Crippen molar-refractivity contribution in [1.29, 1.82) is 0 Å². The minimum atomic E-state index is -2.00. The molecule has 0 unspecified atom stereocenters. The molecule has 0 bridgehead atoms. The van der Waals surface area contributed by atoms with E-state index in [4.69, 9.17) is 39.5 Å². The zero-order valence-corrected chi connectivity index (χ0v) is 12.8. The molecular weight excluding hydrogens is 334 g/mol. The molecule has 0 aromatic carbocycles. The average Bonchev–Trinajstić information content (AvgIpc) is 2.26. The molecule has 1 amide bonds. The van der Waals surface area contributed by atoms with E-state index in [2.05, 4.69) is 9.97 Å². The fraction of sp³-hybridized carbons (Fsp3) is 0.444. The van der Waals surface area contributed by atoms with Gasteiger partial charge in [0.05, 0.1) is 4.92 Å². The van der Waals surface area contributed by atoms with Gasteiger partial charge in [-0.3, -0.25) is 10.1 Å². The molecule has 0 atom stereocenters. The number of rotatable bonds is 2. The number of ether oxygens (including phenoxy) is 1. The van der Waals surface area contributed by atoms with Gasteiger partial charge >= 0.3 is 17.7 Å². The summed E-state index contributed by atoms with van der Waals surface area (Å²) in [7, 11) is 2.80. The third kappa shape index (κ3) is 3.81. The molecule has 1 aromatic rings. The van der Waals surface area contributed by atoms with Gasteiger partial charge in [-0.05, 0) is 6.92 Å². The van der Waals surface area contributed by atoms with Gasteiger partial charge in [-0.15, -0.1) is 0 Å². The summed E-state index contributed by atoms with van der Waals surface area (Å²) in [5, 5.41) is 11.0. The van der Waals surface area contributed by atoms with Gasteiger partial charge in [0.2, 0.25) is 3.79 Å². The van der Waals surface area contributed by atoms with Crippen molar-refractivity contribution in [2.24, 2.45) is 0 Å². The molecule has 1 rings (SSSR count). The number of carbonyl (C=O) groups excluding carboxylic acids is 1. The number of nitrogens with zero attached hydrogens (tertiary/aromatic N) is 4. The van der Waals surface area contributed by atoms with E-state index in [0.717, 1.165) is 4.90 Å². The number of halogens is 3. The number of aromatic nitrogens is 2. The molecule has 20 heavy (non-hydrogen) atoms. The van der Waals surface area contributed by atoms with Gasteiger partial charge in [0.15, 0.2) is 5.82 Å². The lowest BCUT2D eigenvalue weighted by Gasteiger charge is -2.14. The van der Waals surface area contributed by atoms with Crippen LogP contribution < -0.4 is 4.74 Å². The zero-order valence-electron chi connectivity index (χ0n) is 10.6. The zero-order chi connectivity index (χ0) is 15.7. The van der Waals surface area contributed by atoms with Crippen molar-refractivity contribution >= 4 is 46.6 Å². The molecule has 0 spiro atoms. The summed E-state index contributed by atoms with van der Waals surface area (Å²) in [5.41, 5.74) is -0.661. The molecular formula is C9H9Cl3N4O4. The Labute approximate surface area is 128 Å². The number of hydrogen-bond donors (Lipinski definition) is 0. The van der Waals surface area contributed by atoms with Crippen LogP contribution in [0.3, 0.4) is 0 Å². The van der Waals surface area contributed by atoms with Crippen molar-refractivity contribution in [3.05, 3.63) is 21.6 Å². The van der Waals surface area contributed by atoms with Gasteiger partial charge in [0.25, 0.3) is 0 Å². The molecule has 0 N–H and O–H groups in total. The van der Waals surface area contributed by atoms with Gasteiger partial charge in [-0.25, -0.2) is 9.78 Å². The quantitative estimate of drug-likeness (QED) is 0.465. The number of hydrogen-bond acceptors (Lipinski definition) is 6. The molecule has 0 saturated carbocycles. The largest absolute Gasteiger partial charge is 0.416 e. The molecule has 8 nitrogen and oxygen atoms in total. The molecule has 11 heteroatoms. The lowest BCUT2D eigenvalue weighted by Crippen LogP contribution is -2.26. The first-order valence-corrected chi connectivity index (χ1v) is 6.16. The van der Waals surface area contributed by atoms with E-state index in [1.807, 2.05) is 0 Å². The standard InChI is InChI=1S/C9H9Cl3N4O4/c1-4-5(16(18)19)6(20-8(17)15(2)3)14-7(13-4)9(10,11)12/h1-3H3. The Kier molecular flexibility index (Phi) is 4.95. The first-order chi connectivity index (χ1) is 9.04. The Morgan fingerprint density at radius 3 is 2.30 bits per heavy atom. The lowest BCUT2D eigenvalue weighted by molar-refractivity contribution is -0.386. The van der Waals surface area contributed by atoms with Crippen LogP contribution in [0, 0.1) is 17.0 Å². The monoisotopic (exact) mass is 342 g/mol. The third-order valence-corrected chi connectivity index (χ3v) is 2.52. The van der Waals surface area contributed by atoms with Crippen molar-refractivity contribution in [3.8, 4) is 5.88 Å². The fourth-order valence-corrected chi connectivity index (χ4v) is 1.38. The second kappa shape index (κ2) is 5.94. The van der Waals surface area contributed by atoms with Crippen LogP contribution in [-0.2, 0) is 3.79 Å². The van der Waals surface area contributed by atoms with Crippen molar-refractivity contribution in [2.45, 2.75) is 10.7 Å². The van der Waals surface area contributed by atoms with Gasteiger partial charge < -0.3 is 9.64 Å². The molecule has 1 aromatic heterocycles. The maximum atomic E-state index is 11.5. The minimum Gasteiger partial charge on any atom is -0.384 e. The molecule has 1 heterocycles. The van der Waals surface area contributed by atoms with Crippen molar-refractivity contribution in [1.82, 2.24) is 14.9 Å². The van der Waals surface area contributed by atoms with E-state index in [1.54, 1.807) is 0 Å². The number of alkyl halides is 3. The lowest BCUT2D eigenvalue weighted by atomic mass is 10.3. The summed E-state index contributed by atoms with van der Waals surface area (Å²) in [6.07, 6.45) is -0.860. The number of carbonyl (C=O) groups is 1. The van der Waals surface area contributed by atoms with Gasteiger partial charge in [0, 0.05) is 14.1 Å². The average molecular weight is 344 g/mol. The normalized spacial score (nSPS) is 11.1. The van der Waals surface area contributed by atoms with Crippen molar-refractivity contribution in [2.75, 3.05) is 14.1 Å². The van der Waals surface area contributed by atoms with E-state index in [9.17, 15) is 14.9 Å². The van der Waals surface area contributed by atoms with Crippen LogP contribution in [0.4, 0.5) is 10.5 Å². The van der Waals surface area contributed by atoms with Crippen LogP contribution >= 0.6 is 34.8 Å². The first kappa shape index (κ1) is 16.7. The van der Waals surface area contributed by atoms with Gasteiger partial charge in [-0.1, -0.05) is 34.8 Å². The highest BCUT2D eigenvalue weighted by atomic mass is 35.6. The second-order valence-electron chi connectivity index (χ2n) is 3.80. The first-order valence-electron chi connectivity index (χ1n) is 5.03. The van der Waals surface area contributed by atoms with Crippen molar-refractivity contribution in [3.63, 3.8) is 0 Å². The Bertz CT molecular complexity index is 559. The number of nitro groups is 1.